The third-order valence-electron chi connectivity index (χ3n) is 3.64. The first-order valence-electron chi connectivity index (χ1n) is 6.51. The number of piperazine rings is 1. The lowest BCUT2D eigenvalue weighted by Crippen LogP contribution is -2.49. The number of hydrogen-bond acceptors (Lipinski definition) is 2. The molecule has 0 unspecified atom stereocenters. The highest BCUT2D eigenvalue weighted by molar-refractivity contribution is 6.30. The zero-order chi connectivity index (χ0) is 13.0. The van der Waals surface area contributed by atoms with Gasteiger partial charge in [0.2, 0.25) is 0 Å². The molecule has 1 atom stereocenters. The molecule has 4 heteroatoms. The van der Waals surface area contributed by atoms with Gasteiger partial charge < -0.3 is 4.90 Å². The number of halogens is 2. The van der Waals surface area contributed by atoms with Crippen LogP contribution in [0.3, 0.4) is 0 Å². The van der Waals surface area contributed by atoms with E-state index in [1.807, 2.05) is 18.2 Å². The highest BCUT2D eigenvalue weighted by atomic mass is 35.5. The van der Waals surface area contributed by atoms with Crippen LogP contribution in [0.2, 0.25) is 5.02 Å². The van der Waals surface area contributed by atoms with Crippen LogP contribution in [0.15, 0.2) is 24.3 Å². The van der Waals surface area contributed by atoms with E-state index in [1.54, 1.807) is 0 Å². The lowest BCUT2D eigenvalue weighted by molar-refractivity contribution is 0.193. The quantitative estimate of drug-likeness (QED) is 0.782. The van der Waals surface area contributed by atoms with E-state index in [-0.39, 0.29) is 0 Å². The minimum atomic E-state index is 0.587. The van der Waals surface area contributed by atoms with Gasteiger partial charge in [0.05, 0.1) is 0 Å². The Labute approximate surface area is 119 Å². The standard InChI is InChI=1S/C14H20Cl2N2/c1-12(5-6-15)17-7-9-18(10-8-17)14-4-2-3-13(16)11-14/h2-4,11-12H,5-10H2,1H3/t12-/m1/s1. The van der Waals surface area contributed by atoms with Gasteiger partial charge in [-0.25, -0.2) is 0 Å². The summed E-state index contributed by atoms with van der Waals surface area (Å²) in [4.78, 5) is 4.92. The molecule has 1 aromatic rings. The molecule has 0 aliphatic carbocycles. The molecule has 0 saturated carbocycles. The van der Waals surface area contributed by atoms with Crippen LogP contribution in [0.1, 0.15) is 13.3 Å². The molecule has 100 valence electrons. The van der Waals surface area contributed by atoms with E-state index in [2.05, 4.69) is 22.8 Å². The maximum atomic E-state index is 6.03. The number of hydrogen-bond donors (Lipinski definition) is 0. The van der Waals surface area contributed by atoms with Crippen LogP contribution in [-0.4, -0.2) is 43.0 Å². The Balaban J connectivity index is 1.90. The molecule has 1 aliphatic rings. The van der Waals surface area contributed by atoms with Gasteiger partial charge in [0.15, 0.2) is 0 Å². The number of anilines is 1. The highest BCUT2D eigenvalue weighted by Crippen LogP contribution is 2.21. The Morgan fingerprint density at radius 1 is 1.22 bits per heavy atom. The average molecular weight is 287 g/mol. The van der Waals surface area contributed by atoms with Crippen molar-refractivity contribution < 1.29 is 0 Å². The van der Waals surface area contributed by atoms with Crippen LogP contribution in [0.25, 0.3) is 0 Å². The molecule has 0 spiro atoms. The highest BCUT2D eigenvalue weighted by Gasteiger charge is 2.20. The zero-order valence-electron chi connectivity index (χ0n) is 10.8. The molecule has 0 radical (unpaired) electrons. The lowest BCUT2D eigenvalue weighted by Gasteiger charge is -2.39. The van der Waals surface area contributed by atoms with Gasteiger partial charge in [-0.3, -0.25) is 4.90 Å². The average Bonchev–Trinajstić information content (AvgIpc) is 2.39. The third kappa shape index (κ3) is 3.53. The fraction of sp³-hybridized carbons (Fsp3) is 0.571. The summed E-state index contributed by atoms with van der Waals surface area (Å²) in [5.41, 5.74) is 1.23. The molecule has 1 heterocycles. The maximum Gasteiger partial charge on any atom is 0.0426 e. The normalized spacial score (nSPS) is 18.9. The molecule has 0 aromatic heterocycles. The predicted octanol–water partition coefficient (Wildman–Crippen LogP) is 3.48. The molecule has 0 amide bonds. The van der Waals surface area contributed by atoms with Crippen molar-refractivity contribution in [3.63, 3.8) is 0 Å². The Morgan fingerprint density at radius 3 is 2.56 bits per heavy atom. The van der Waals surface area contributed by atoms with Gasteiger partial charge in [0.25, 0.3) is 0 Å². The van der Waals surface area contributed by atoms with Crippen molar-refractivity contribution in [1.82, 2.24) is 4.90 Å². The van der Waals surface area contributed by atoms with Crippen molar-refractivity contribution in [1.29, 1.82) is 0 Å². The van der Waals surface area contributed by atoms with Gasteiger partial charge in [0.1, 0.15) is 0 Å². The van der Waals surface area contributed by atoms with E-state index in [1.165, 1.54) is 5.69 Å². The number of benzene rings is 1. The van der Waals surface area contributed by atoms with Crippen LogP contribution in [0.4, 0.5) is 5.69 Å². The predicted molar refractivity (Wildman–Crippen MR) is 80.0 cm³/mol. The zero-order valence-corrected chi connectivity index (χ0v) is 12.3. The van der Waals surface area contributed by atoms with Gasteiger partial charge in [-0.15, -0.1) is 11.6 Å². The summed E-state index contributed by atoms with van der Waals surface area (Å²) in [6, 6.07) is 8.69. The summed E-state index contributed by atoms with van der Waals surface area (Å²) >= 11 is 11.8. The van der Waals surface area contributed by atoms with E-state index in [9.17, 15) is 0 Å². The molecule has 18 heavy (non-hydrogen) atoms. The second kappa shape index (κ2) is 6.65. The summed E-state index contributed by atoms with van der Waals surface area (Å²) in [5, 5.41) is 0.811. The molecule has 0 N–H and O–H groups in total. The minimum absolute atomic E-state index is 0.587. The summed E-state index contributed by atoms with van der Waals surface area (Å²) in [5.74, 6) is 0.746. The SMILES string of the molecule is C[C@H](CCCl)N1CCN(c2cccc(Cl)c2)CC1. The van der Waals surface area contributed by atoms with E-state index in [4.69, 9.17) is 23.2 Å². The third-order valence-corrected chi connectivity index (χ3v) is 4.09. The van der Waals surface area contributed by atoms with Gasteiger partial charge in [-0.05, 0) is 31.5 Å². The second-order valence-corrected chi connectivity index (χ2v) is 5.64. The van der Waals surface area contributed by atoms with Gasteiger partial charge >= 0.3 is 0 Å². The van der Waals surface area contributed by atoms with Crippen molar-refractivity contribution in [3.05, 3.63) is 29.3 Å². The molecule has 0 bridgehead atoms. The number of nitrogens with zero attached hydrogens (tertiary/aromatic N) is 2. The van der Waals surface area contributed by atoms with Crippen molar-refractivity contribution in [3.8, 4) is 0 Å². The summed E-state index contributed by atoms with van der Waals surface area (Å²) in [6.07, 6.45) is 1.07. The smallest absolute Gasteiger partial charge is 0.0426 e. The second-order valence-electron chi connectivity index (χ2n) is 4.83. The fourth-order valence-corrected chi connectivity index (χ4v) is 2.93. The van der Waals surface area contributed by atoms with Crippen LogP contribution in [-0.2, 0) is 0 Å². The molecule has 2 rings (SSSR count). The Morgan fingerprint density at radius 2 is 1.94 bits per heavy atom. The number of rotatable bonds is 4. The van der Waals surface area contributed by atoms with Crippen molar-refractivity contribution in [2.75, 3.05) is 37.0 Å². The lowest BCUT2D eigenvalue weighted by atomic mass is 10.1. The van der Waals surface area contributed by atoms with Crippen LogP contribution >= 0.6 is 23.2 Å². The van der Waals surface area contributed by atoms with E-state index >= 15 is 0 Å². The first kappa shape index (κ1) is 14.0. The van der Waals surface area contributed by atoms with Crippen LogP contribution in [0.5, 0.6) is 0 Å². The minimum Gasteiger partial charge on any atom is -0.369 e. The molecule has 1 aliphatic heterocycles. The largest absolute Gasteiger partial charge is 0.369 e. The topological polar surface area (TPSA) is 6.48 Å². The van der Waals surface area contributed by atoms with Gasteiger partial charge in [-0.2, -0.15) is 0 Å². The summed E-state index contributed by atoms with van der Waals surface area (Å²) in [7, 11) is 0. The molecular weight excluding hydrogens is 267 g/mol. The molecule has 1 fully saturated rings. The monoisotopic (exact) mass is 286 g/mol. The first-order chi connectivity index (χ1) is 8.70. The van der Waals surface area contributed by atoms with Crippen LogP contribution < -0.4 is 4.90 Å². The van der Waals surface area contributed by atoms with Crippen molar-refractivity contribution >= 4 is 28.9 Å². The first-order valence-corrected chi connectivity index (χ1v) is 7.42. The van der Waals surface area contributed by atoms with E-state index in [0.29, 0.717) is 6.04 Å². The van der Waals surface area contributed by atoms with Crippen molar-refractivity contribution in [2.24, 2.45) is 0 Å². The van der Waals surface area contributed by atoms with Gasteiger partial charge in [-0.1, -0.05) is 17.7 Å². The van der Waals surface area contributed by atoms with Crippen molar-refractivity contribution in [2.45, 2.75) is 19.4 Å². The summed E-state index contributed by atoms with van der Waals surface area (Å²) in [6.45, 7) is 6.59. The molecule has 2 nitrogen and oxygen atoms in total. The fourth-order valence-electron chi connectivity index (χ4n) is 2.43. The van der Waals surface area contributed by atoms with Gasteiger partial charge in [0, 0.05) is 48.8 Å². The Kier molecular flexibility index (Phi) is 5.16. The number of alkyl halides is 1. The maximum absolute atomic E-state index is 6.03. The molecule has 1 aromatic carbocycles. The summed E-state index contributed by atoms with van der Waals surface area (Å²) < 4.78 is 0. The molecule has 1 saturated heterocycles. The Bertz CT molecular complexity index is 376. The Hall–Kier alpha value is -0.440. The van der Waals surface area contributed by atoms with E-state index < -0.39 is 0 Å². The van der Waals surface area contributed by atoms with E-state index in [0.717, 1.165) is 43.5 Å². The van der Waals surface area contributed by atoms with Crippen LogP contribution in [0, 0.1) is 0 Å². The molecular formula is C14H20Cl2N2.